The number of hydrogen-bond donors (Lipinski definition) is 3. The van der Waals surface area contributed by atoms with E-state index in [0.717, 1.165) is 6.07 Å². The molecule has 0 saturated heterocycles. The molecule has 0 aliphatic carbocycles. The van der Waals surface area contributed by atoms with E-state index in [0.29, 0.717) is 18.5 Å². The predicted molar refractivity (Wildman–Crippen MR) is 65.4 cm³/mol. The van der Waals surface area contributed by atoms with E-state index in [1.165, 1.54) is 6.07 Å². The minimum Gasteiger partial charge on any atom is -0.508 e. The molecule has 2 atom stereocenters. The first-order valence-corrected chi connectivity index (χ1v) is 5.80. The van der Waals surface area contributed by atoms with Gasteiger partial charge in [0, 0.05) is 24.2 Å². The highest BCUT2D eigenvalue weighted by Crippen LogP contribution is 2.21. The van der Waals surface area contributed by atoms with Gasteiger partial charge in [-0.2, -0.15) is 0 Å². The van der Waals surface area contributed by atoms with Crippen molar-refractivity contribution in [3.8, 4) is 5.75 Å². The van der Waals surface area contributed by atoms with Crippen molar-refractivity contribution in [1.29, 1.82) is 0 Å². The van der Waals surface area contributed by atoms with Crippen LogP contribution in [0, 0.1) is 5.82 Å². The van der Waals surface area contributed by atoms with Gasteiger partial charge in [-0.3, -0.25) is 0 Å². The fraction of sp³-hybridized carbons (Fsp3) is 0.538. The number of rotatable bonds is 5. The van der Waals surface area contributed by atoms with Crippen molar-refractivity contribution in [2.24, 2.45) is 0 Å². The summed E-state index contributed by atoms with van der Waals surface area (Å²) in [5.41, 5.74) is -0.309. The van der Waals surface area contributed by atoms with Gasteiger partial charge >= 0.3 is 0 Å². The number of phenols is 1. The maximum atomic E-state index is 13.5. The van der Waals surface area contributed by atoms with Crippen molar-refractivity contribution in [3.05, 3.63) is 29.6 Å². The SMILES string of the molecule is CCC(C)(O)CNC(C)c1ccc(O)cc1F. The molecule has 1 aromatic carbocycles. The minimum atomic E-state index is -0.790. The highest BCUT2D eigenvalue weighted by molar-refractivity contribution is 5.29. The Kier molecular flexibility index (Phi) is 4.48. The lowest BCUT2D eigenvalue weighted by Crippen LogP contribution is -2.38. The smallest absolute Gasteiger partial charge is 0.131 e. The van der Waals surface area contributed by atoms with Crippen LogP contribution in [0.3, 0.4) is 0 Å². The van der Waals surface area contributed by atoms with Gasteiger partial charge in [0.1, 0.15) is 11.6 Å². The van der Waals surface area contributed by atoms with Crippen molar-refractivity contribution < 1.29 is 14.6 Å². The molecule has 0 aliphatic rings. The van der Waals surface area contributed by atoms with Gasteiger partial charge in [0.25, 0.3) is 0 Å². The molecule has 3 nitrogen and oxygen atoms in total. The monoisotopic (exact) mass is 241 g/mol. The number of halogens is 1. The van der Waals surface area contributed by atoms with Gasteiger partial charge in [-0.05, 0) is 26.3 Å². The zero-order chi connectivity index (χ0) is 13.1. The lowest BCUT2D eigenvalue weighted by molar-refractivity contribution is 0.0532. The Labute approximate surface area is 101 Å². The van der Waals surface area contributed by atoms with Gasteiger partial charge in [0.05, 0.1) is 5.60 Å². The van der Waals surface area contributed by atoms with Crippen LogP contribution in [0.15, 0.2) is 18.2 Å². The molecule has 0 heterocycles. The molecule has 17 heavy (non-hydrogen) atoms. The average Bonchev–Trinajstić information content (AvgIpc) is 2.26. The predicted octanol–water partition coefficient (Wildman–Crippen LogP) is 2.34. The molecule has 0 amide bonds. The number of phenolic OH excluding ortho intramolecular Hbond substituents is 1. The van der Waals surface area contributed by atoms with Gasteiger partial charge in [0.15, 0.2) is 0 Å². The van der Waals surface area contributed by atoms with Crippen molar-refractivity contribution in [2.45, 2.75) is 38.8 Å². The van der Waals surface area contributed by atoms with Gasteiger partial charge in [-0.1, -0.05) is 13.0 Å². The highest BCUT2D eigenvalue weighted by Gasteiger charge is 2.19. The Morgan fingerprint density at radius 3 is 2.65 bits per heavy atom. The molecule has 2 unspecified atom stereocenters. The van der Waals surface area contributed by atoms with Gasteiger partial charge in [-0.15, -0.1) is 0 Å². The summed E-state index contributed by atoms with van der Waals surface area (Å²) < 4.78 is 13.5. The first-order valence-electron chi connectivity index (χ1n) is 5.80. The second kappa shape index (κ2) is 5.47. The van der Waals surface area contributed by atoms with Gasteiger partial charge < -0.3 is 15.5 Å². The molecule has 0 spiro atoms. The normalized spacial score (nSPS) is 16.5. The summed E-state index contributed by atoms with van der Waals surface area (Å²) in [5, 5.41) is 22.0. The molecule has 0 saturated carbocycles. The lowest BCUT2D eigenvalue weighted by Gasteiger charge is -2.25. The Morgan fingerprint density at radius 1 is 1.47 bits per heavy atom. The van der Waals surface area contributed by atoms with E-state index < -0.39 is 11.4 Å². The zero-order valence-electron chi connectivity index (χ0n) is 10.5. The van der Waals surface area contributed by atoms with E-state index in [2.05, 4.69) is 5.32 Å². The standard InChI is InChI=1S/C13H20FNO2/c1-4-13(3,17)8-15-9(2)11-6-5-10(16)7-12(11)14/h5-7,9,15-17H,4,8H2,1-3H3. The molecule has 4 heteroatoms. The van der Waals surface area contributed by atoms with E-state index in [-0.39, 0.29) is 11.8 Å². The Balaban J connectivity index is 2.67. The number of aromatic hydroxyl groups is 1. The molecule has 0 fully saturated rings. The third-order valence-corrected chi connectivity index (χ3v) is 3.00. The third kappa shape index (κ3) is 3.98. The molecule has 3 N–H and O–H groups in total. The summed E-state index contributed by atoms with van der Waals surface area (Å²) in [5.74, 6) is -0.528. The van der Waals surface area contributed by atoms with Crippen LogP contribution in [0.2, 0.25) is 0 Å². The van der Waals surface area contributed by atoms with Crippen molar-refractivity contribution in [3.63, 3.8) is 0 Å². The van der Waals surface area contributed by atoms with Crippen molar-refractivity contribution in [2.75, 3.05) is 6.54 Å². The van der Waals surface area contributed by atoms with Crippen LogP contribution in [0.25, 0.3) is 0 Å². The summed E-state index contributed by atoms with van der Waals surface area (Å²) in [6.07, 6.45) is 0.630. The Bertz CT molecular complexity index is 380. The van der Waals surface area contributed by atoms with Crippen LogP contribution in [-0.4, -0.2) is 22.4 Å². The molecular formula is C13H20FNO2. The van der Waals surface area contributed by atoms with E-state index >= 15 is 0 Å². The molecule has 0 radical (unpaired) electrons. The summed E-state index contributed by atoms with van der Waals surface area (Å²) in [4.78, 5) is 0. The molecule has 0 aliphatic heterocycles. The summed E-state index contributed by atoms with van der Waals surface area (Å²) in [6.45, 7) is 5.85. The second-order valence-corrected chi connectivity index (χ2v) is 4.66. The Morgan fingerprint density at radius 2 is 2.12 bits per heavy atom. The quantitative estimate of drug-likeness (QED) is 0.741. The van der Waals surface area contributed by atoms with Crippen LogP contribution >= 0.6 is 0 Å². The lowest BCUT2D eigenvalue weighted by atomic mass is 10.0. The number of hydrogen-bond acceptors (Lipinski definition) is 3. The molecule has 0 aromatic heterocycles. The van der Waals surface area contributed by atoms with E-state index in [1.54, 1.807) is 13.0 Å². The van der Waals surface area contributed by atoms with Crippen LogP contribution in [-0.2, 0) is 0 Å². The van der Waals surface area contributed by atoms with Crippen molar-refractivity contribution >= 4 is 0 Å². The number of aliphatic hydroxyl groups is 1. The zero-order valence-corrected chi connectivity index (χ0v) is 10.5. The molecular weight excluding hydrogens is 221 g/mol. The Hall–Kier alpha value is -1.13. The minimum absolute atomic E-state index is 0.0843. The largest absolute Gasteiger partial charge is 0.508 e. The van der Waals surface area contributed by atoms with Crippen molar-refractivity contribution in [1.82, 2.24) is 5.32 Å². The van der Waals surface area contributed by atoms with E-state index in [9.17, 15) is 9.50 Å². The first kappa shape index (κ1) is 13.9. The third-order valence-electron chi connectivity index (χ3n) is 3.00. The molecule has 1 rings (SSSR count). The van der Waals surface area contributed by atoms with E-state index in [4.69, 9.17) is 5.11 Å². The first-order chi connectivity index (χ1) is 7.85. The topological polar surface area (TPSA) is 52.5 Å². The van der Waals surface area contributed by atoms with E-state index in [1.807, 2.05) is 13.8 Å². The average molecular weight is 241 g/mol. The molecule has 96 valence electrons. The second-order valence-electron chi connectivity index (χ2n) is 4.66. The summed E-state index contributed by atoms with van der Waals surface area (Å²) in [7, 11) is 0. The number of nitrogens with one attached hydrogen (secondary N) is 1. The summed E-state index contributed by atoms with van der Waals surface area (Å²) >= 11 is 0. The van der Waals surface area contributed by atoms with Crippen LogP contribution < -0.4 is 5.32 Å². The molecule has 0 bridgehead atoms. The van der Waals surface area contributed by atoms with Crippen LogP contribution in [0.5, 0.6) is 5.75 Å². The maximum absolute atomic E-state index is 13.5. The van der Waals surface area contributed by atoms with Gasteiger partial charge in [-0.25, -0.2) is 4.39 Å². The maximum Gasteiger partial charge on any atom is 0.131 e. The van der Waals surface area contributed by atoms with Gasteiger partial charge in [0.2, 0.25) is 0 Å². The fourth-order valence-corrected chi connectivity index (χ4v) is 1.48. The number of benzene rings is 1. The highest BCUT2D eigenvalue weighted by atomic mass is 19.1. The summed E-state index contributed by atoms with van der Waals surface area (Å²) in [6, 6.07) is 3.87. The molecule has 1 aromatic rings. The fourth-order valence-electron chi connectivity index (χ4n) is 1.48. The van der Waals surface area contributed by atoms with Crippen LogP contribution in [0.1, 0.15) is 38.8 Å². The van der Waals surface area contributed by atoms with Crippen LogP contribution in [0.4, 0.5) is 4.39 Å².